The number of thiazole rings is 1. The van der Waals surface area contributed by atoms with Gasteiger partial charge in [-0.15, -0.1) is 0 Å². The van der Waals surface area contributed by atoms with Crippen molar-refractivity contribution in [3.05, 3.63) is 106 Å². The van der Waals surface area contributed by atoms with Gasteiger partial charge in [-0.1, -0.05) is 48.3 Å². The standard InChI is InChI=1S/C28H20N2O5S/c1-3-13-34-18-8-6-7-16(14-18)24-23-25(31)19-9-4-5-10-21(19)35-26(23)27(32)30(24)28-29-20-12-11-17(33-2)15-22(20)36-28/h3-12,14-15,24H,1,13H2,2H3. The lowest BCUT2D eigenvalue weighted by Crippen LogP contribution is -2.29. The Balaban J connectivity index is 1.58. The van der Waals surface area contributed by atoms with Crippen molar-refractivity contribution in [3.63, 3.8) is 0 Å². The van der Waals surface area contributed by atoms with Crippen molar-refractivity contribution in [1.29, 1.82) is 0 Å². The molecule has 0 bridgehead atoms. The van der Waals surface area contributed by atoms with Crippen molar-refractivity contribution in [2.24, 2.45) is 0 Å². The van der Waals surface area contributed by atoms with E-state index in [9.17, 15) is 9.59 Å². The van der Waals surface area contributed by atoms with Crippen molar-refractivity contribution in [2.75, 3.05) is 18.6 Å². The Labute approximate surface area is 209 Å². The molecule has 0 fully saturated rings. The molecule has 6 rings (SSSR count). The summed E-state index contributed by atoms with van der Waals surface area (Å²) in [6.07, 6.45) is 1.66. The number of aromatic nitrogens is 1. The quantitative estimate of drug-likeness (QED) is 0.280. The third kappa shape index (κ3) is 3.46. The summed E-state index contributed by atoms with van der Waals surface area (Å²) >= 11 is 1.35. The second-order valence-corrected chi connectivity index (χ2v) is 9.26. The summed E-state index contributed by atoms with van der Waals surface area (Å²) in [6, 6.07) is 19.1. The van der Waals surface area contributed by atoms with Crippen LogP contribution >= 0.6 is 11.3 Å². The third-order valence-electron chi connectivity index (χ3n) is 6.11. The van der Waals surface area contributed by atoms with Gasteiger partial charge >= 0.3 is 0 Å². The Hall–Kier alpha value is -4.43. The minimum atomic E-state index is -0.733. The van der Waals surface area contributed by atoms with Crippen LogP contribution in [0, 0.1) is 0 Å². The van der Waals surface area contributed by atoms with Crippen molar-refractivity contribution < 1.29 is 18.7 Å². The van der Waals surface area contributed by atoms with E-state index in [1.807, 2.05) is 42.5 Å². The number of carbonyl (C=O) groups excluding carboxylic acids is 1. The van der Waals surface area contributed by atoms with Crippen LogP contribution in [0.4, 0.5) is 5.13 Å². The van der Waals surface area contributed by atoms with Gasteiger partial charge in [0.05, 0.1) is 34.3 Å². The Bertz CT molecular complexity index is 1720. The number of para-hydroxylation sites is 1. The van der Waals surface area contributed by atoms with E-state index in [1.54, 1.807) is 37.5 Å². The topological polar surface area (TPSA) is 81.9 Å². The van der Waals surface area contributed by atoms with Crippen LogP contribution in [0.5, 0.6) is 11.5 Å². The zero-order valence-electron chi connectivity index (χ0n) is 19.3. The lowest BCUT2D eigenvalue weighted by molar-refractivity contribution is 0.0971. The first-order chi connectivity index (χ1) is 17.6. The predicted molar refractivity (Wildman–Crippen MR) is 139 cm³/mol. The molecule has 5 aromatic rings. The SMILES string of the molecule is C=CCOc1cccc(C2c3c(oc4ccccc4c3=O)C(=O)N2c2nc3ccc(OC)cc3s2)c1. The molecule has 178 valence electrons. The Kier molecular flexibility index (Phi) is 5.30. The lowest BCUT2D eigenvalue weighted by Gasteiger charge is -2.23. The number of ether oxygens (including phenoxy) is 2. The minimum absolute atomic E-state index is 0.0259. The highest BCUT2D eigenvalue weighted by Crippen LogP contribution is 2.44. The molecule has 8 heteroatoms. The van der Waals surface area contributed by atoms with Crippen molar-refractivity contribution in [3.8, 4) is 11.5 Å². The number of benzene rings is 3. The number of amides is 1. The minimum Gasteiger partial charge on any atom is -0.497 e. The van der Waals surface area contributed by atoms with Crippen LogP contribution in [0.2, 0.25) is 0 Å². The molecule has 0 radical (unpaired) electrons. The zero-order valence-corrected chi connectivity index (χ0v) is 20.1. The Morgan fingerprint density at radius 1 is 1.08 bits per heavy atom. The fourth-order valence-electron chi connectivity index (χ4n) is 4.48. The predicted octanol–water partition coefficient (Wildman–Crippen LogP) is 5.73. The molecule has 0 saturated heterocycles. The monoisotopic (exact) mass is 496 g/mol. The van der Waals surface area contributed by atoms with Gasteiger partial charge in [-0.3, -0.25) is 14.5 Å². The van der Waals surface area contributed by atoms with Crippen molar-refractivity contribution >= 4 is 43.6 Å². The van der Waals surface area contributed by atoms with E-state index in [1.165, 1.54) is 16.2 Å². The average Bonchev–Trinajstić information content (AvgIpc) is 3.45. The van der Waals surface area contributed by atoms with E-state index < -0.39 is 11.9 Å². The van der Waals surface area contributed by atoms with E-state index in [0.29, 0.717) is 39.8 Å². The molecule has 1 atom stereocenters. The summed E-state index contributed by atoms with van der Waals surface area (Å²) in [4.78, 5) is 33.8. The summed E-state index contributed by atoms with van der Waals surface area (Å²) in [5.74, 6) is 0.909. The first-order valence-corrected chi connectivity index (χ1v) is 12.1. The van der Waals surface area contributed by atoms with E-state index in [0.717, 1.165) is 10.2 Å². The zero-order chi connectivity index (χ0) is 24.8. The molecule has 1 unspecified atom stereocenters. The van der Waals surface area contributed by atoms with Gasteiger partial charge in [-0.25, -0.2) is 4.98 Å². The molecule has 1 aliphatic rings. The van der Waals surface area contributed by atoms with E-state index in [-0.39, 0.29) is 16.8 Å². The number of carbonyl (C=O) groups is 1. The van der Waals surface area contributed by atoms with Crippen LogP contribution in [-0.4, -0.2) is 24.6 Å². The van der Waals surface area contributed by atoms with Crippen molar-refractivity contribution in [2.45, 2.75) is 6.04 Å². The van der Waals surface area contributed by atoms with Crippen LogP contribution < -0.4 is 19.8 Å². The van der Waals surface area contributed by atoms with Crippen LogP contribution in [0.25, 0.3) is 21.2 Å². The number of nitrogens with zero attached hydrogens (tertiary/aromatic N) is 2. The molecular formula is C28H20N2O5S. The number of rotatable bonds is 6. The largest absolute Gasteiger partial charge is 0.497 e. The molecule has 0 saturated carbocycles. The van der Waals surface area contributed by atoms with Gasteiger partial charge in [0, 0.05) is 0 Å². The van der Waals surface area contributed by atoms with Gasteiger partial charge in [0.1, 0.15) is 23.7 Å². The van der Waals surface area contributed by atoms with Gasteiger partial charge < -0.3 is 13.9 Å². The van der Waals surface area contributed by atoms with Crippen LogP contribution in [0.15, 0.2) is 88.6 Å². The molecule has 3 heterocycles. The smallest absolute Gasteiger partial charge is 0.297 e. The van der Waals surface area contributed by atoms with Gasteiger partial charge in [-0.05, 0) is 48.0 Å². The van der Waals surface area contributed by atoms with Crippen LogP contribution in [0.3, 0.4) is 0 Å². The first-order valence-electron chi connectivity index (χ1n) is 11.3. The molecule has 0 aliphatic carbocycles. The molecule has 0 spiro atoms. The number of anilines is 1. The maximum Gasteiger partial charge on any atom is 0.297 e. The molecular weight excluding hydrogens is 476 g/mol. The van der Waals surface area contributed by atoms with E-state index >= 15 is 0 Å². The number of hydrogen-bond donors (Lipinski definition) is 0. The van der Waals surface area contributed by atoms with Gasteiger partial charge in [-0.2, -0.15) is 0 Å². The number of methoxy groups -OCH3 is 1. The van der Waals surface area contributed by atoms with Gasteiger partial charge in [0.25, 0.3) is 5.91 Å². The van der Waals surface area contributed by atoms with Crippen molar-refractivity contribution in [1.82, 2.24) is 4.98 Å². The molecule has 1 aliphatic heterocycles. The Morgan fingerprint density at radius 3 is 2.78 bits per heavy atom. The maximum atomic E-state index is 13.8. The second-order valence-electron chi connectivity index (χ2n) is 8.25. The summed E-state index contributed by atoms with van der Waals surface area (Å²) in [6.45, 7) is 4.03. The highest BCUT2D eigenvalue weighted by molar-refractivity contribution is 7.22. The van der Waals surface area contributed by atoms with E-state index in [4.69, 9.17) is 18.9 Å². The summed E-state index contributed by atoms with van der Waals surface area (Å²) in [5.41, 5.74) is 1.85. The molecule has 3 aromatic carbocycles. The third-order valence-corrected chi connectivity index (χ3v) is 7.13. The molecule has 1 amide bonds. The summed E-state index contributed by atoms with van der Waals surface area (Å²) in [5, 5.41) is 0.879. The highest BCUT2D eigenvalue weighted by atomic mass is 32.1. The fourth-order valence-corrected chi connectivity index (χ4v) is 5.51. The number of fused-ring (bicyclic) bond motifs is 3. The maximum absolute atomic E-state index is 13.8. The van der Waals surface area contributed by atoms with Gasteiger partial charge in [0.15, 0.2) is 10.6 Å². The lowest BCUT2D eigenvalue weighted by atomic mass is 9.98. The van der Waals surface area contributed by atoms with Crippen LogP contribution in [0.1, 0.15) is 27.7 Å². The normalized spacial score (nSPS) is 14.9. The molecule has 36 heavy (non-hydrogen) atoms. The average molecular weight is 497 g/mol. The highest BCUT2D eigenvalue weighted by Gasteiger charge is 2.45. The van der Waals surface area contributed by atoms with Gasteiger partial charge in [0.2, 0.25) is 5.76 Å². The first kappa shape index (κ1) is 22.1. The van der Waals surface area contributed by atoms with Crippen LogP contribution in [-0.2, 0) is 0 Å². The van der Waals surface area contributed by atoms with E-state index in [2.05, 4.69) is 6.58 Å². The molecule has 7 nitrogen and oxygen atoms in total. The Morgan fingerprint density at radius 2 is 1.94 bits per heavy atom. The summed E-state index contributed by atoms with van der Waals surface area (Å²) in [7, 11) is 1.60. The summed E-state index contributed by atoms with van der Waals surface area (Å²) < 4.78 is 18.0. The number of hydrogen-bond acceptors (Lipinski definition) is 7. The second kappa shape index (κ2) is 8.66. The fraction of sp³-hybridized carbons (Fsp3) is 0.107. The molecule has 0 N–H and O–H groups in total. The molecule has 2 aromatic heterocycles.